The molecule has 0 aliphatic rings. The van der Waals surface area contributed by atoms with Crippen LogP contribution in [0.15, 0.2) is 48.5 Å². The number of halogens is 1. The van der Waals surface area contributed by atoms with E-state index < -0.39 is 11.7 Å². The first-order valence-electron chi connectivity index (χ1n) is 7.92. The smallest absolute Gasteiger partial charge is 0.418 e. The van der Waals surface area contributed by atoms with E-state index >= 15 is 0 Å². The van der Waals surface area contributed by atoms with Crippen molar-refractivity contribution in [3.63, 3.8) is 0 Å². The van der Waals surface area contributed by atoms with Crippen molar-refractivity contribution in [3.05, 3.63) is 54.3 Å². The van der Waals surface area contributed by atoms with Gasteiger partial charge >= 0.3 is 13.6 Å². The fraction of sp³-hybridized carbons (Fsp3) is 0.211. The summed E-state index contributed by atoms with van der Waals surface area (Å²) in [5.41, 5.74) is 1.20. The molecule has 6 heteroatoms. The fourth-order valence-electron chi connectivity index (χ4n) is 2.77. The maximum absolute atomic E-state index is 14.2. The minimum Gasteiger partial charge on any atom is -0.449 e. The van der Waals surface area contributed by atoms with Crippen molar-refractivity contribution in [2.45, 2.75) is 26.4 Å². The Morgan fingerprint density at radius 3 is 2.44 bits per heavy atom. The molecule has 3 aromatic rings. The standard InChI is InChI=1S/C19H18BFNO3/c1-19(2,3)25-18(23)22-16-10-6-8-12(14(16)11-17(22)20-24)13-7-4-5-9-15(13)21/h4-11,24H,1-3H3. The molecule has 1 radical (unpaired) electrons. The van der Waals surface area contributed by atoms with E-state index in [2.05, 4.69) is 0 Å². The third kappa shape index (κ3) is 3.30. The summed E-state index contributed by atoms with van der Waals surface area (Å²) in [6.07, 6.45) is -0.603. The van der Waals surface area contributed by atoms with E-state index in [9.17, 15) is 14.2 Å². The maximum Gasteiger partial charge on any atom is 0.418 e. The minimum atomic E-state index is -0.677. The van der Waals surface area contributed by atoms with E-state index in [1.165, 1.54) is 10.6 Å². The Bertz CT molecular complexity index is 943. The van der Waals surface area contributed by atoms with E-state index in [-0.39, 0.29) is 11.4 Å². The fourth-order valence-corrected chi connectivity index (χ4v) is 2.77. The molecule has 0 spiro atoms. The number of carbonyl (C=O) groups excluding carboxylic acids is 1. The predicted molar refractivity (Wildman–Crippen MR) is 96.6 cm³/mol. The van der Waals surface area contributed by atoms with E-state index in [1.54, 1.807) is 63.2 Å². The number of fused-ring (bicyclic) bond motifs is 1. The highest BCUT2D eigenvalue weighted by molar-refractivity contribution is 6.46. The molecule has 3 rings (SSSR count). The van der Waals surface area contributed by atoms with Crippen LogP contribution in [0.4, 0.5) is 9.18 Å². The monoisotopic (exact) mass is 338 g/mol. The first-order chi connectivity index (χ1) is 11.8. The van der Waals surface area contributed by atoms with Crippen molar-refractivity contribution < 1.29 is 18.9 Å². The molecule has 0 aliphatic carbocycles. The van der Waals surface area contributed by atoms with Crippen LogP contribution in [-0.2, 0) is 4.74 Å². The number of rotatable bonds is 2. The first kappa shape index (κ1) is 17.2. The van der Waals surface area contributed by atoms with Crippen molar-refractivity contribution in [1.29, 1.82) is 0 Å². The van der Waals surface area contributed by atoms with Crippen molar-refractivity contribution in [2.24, 2.45) is 0 Å². The molecule has 1 aromatic heterocycles. The predicted octanol–water partition coefficient (Wildman–Crippen LogP) is 3.47. The van der Waals surface area contributed by atoms with E-state index in [0.717, 1.165) is 7.48 Å². The Balaban J connectivity index is 2.22. The van der Waals surface area contributed by atoms with Crippen LogP contribution in [0.2, 0.25) is 0 Å². The van der Waals surface area contributed by atoms with Gasteiger partial charge in [0.2, 0.25) is 0 Å². The molecule has 4 nitrogen and oxygen atoms in total. The maximum atomic E-state index is 14.2. The zero-order valence-electron chi connectivity index (χ0n) is 14.3. The van der Waals surface area contributed by atoms with E-state index in [1.807, 2.05) is 0 Å². The van der Waals surface area contributed by atoms with Crippen molar-refractivity contribution in [1.82, 2.24) is 4.57 Å². The zero-order valence-corrected chi connectivity index (χ0v) is 14.3. The topological polar surface area (TPSA) is 51.5 Å². The number of hydrogen-bond donors (Lipinski definition) is 1. The average molecular weight is 338 g/mol. The Hall–Kier alpha value is -2.60. The quantitative estimate of drug-likeness (QED) is 0.728. The van der Waals surface area contributed by atoms with Crippen LogP contribution in [0.5, 0.6) is 0 Å². The third-order valence-corrected chi connectivity index (χ3v) is 3.75. The summed E-state index contributed by atoms with van der Waals surface area (Å²) >= 11 is 0. The Morgan fingerprint density at radius 2 is 1.80 bits per heavy atom. The Labute approximate surface area is 146 Å². The molecular formula is C19H18BFNO3. The van der Waals surface area contributed by atoms with Crippen LogP contribution >= 0.6 is 0 Å². The first-order valence-corrected chi connectivity index (χ1v) is 7.92. The van der Waals surface area contributed by atoms with Gasteiger partial charge in [-0.25, -0.2) is 9.18 Å². The van der Waals surface area contributed by atoms with Gasteiger partial charge in [-0.1, -0.05) is 30.3 Å². The van der Waals surface area contributed by atoms with Crippen LogP contribution < -0.4 is 5.59 Å². The second-order valence-corrected chi connectivity index (χ2v) is 6.73. The Kier molecular flexibility index (Phi) is 4.39. The molecule has 0 unspecified atom stereocenters. The van der Waals surface area contributed by atoms with Crippen LogP contribution in [0, 0.1) is 5.82 Å². The molecule has 127 valence electrons. The summed E-state index contributed by atoms with van der Waals surface area (Å²) in [6, 6.07) is 13.3. The Morgan fingerprint density at radius 1 is 1.12 bits per heavy atom. The summed E-state index contributed by atoms with van der Waals surface area (Å²) in [4.78, 5) is 12.6. The molecule has 1 heterocycles. The zero-order chi connectivity index (χ0) is 18.2. The van der Waals surface area contributed by atoms with Gasteiger partial charge in [0.15, 0.2) is 0 Å². The van der Waals surface area contributed by atoms with E-state index in [0.29, 0.717) is 22.0 Å². The second kappa shape index (κ2) is 6.37. The lowest BCUT2D eigenvalue weighted by atomic mass is 9.95. The lowest BCUT2D eigenvalue weighted by Crippen LogP contribution is -2.34. The minimum absolute atomic E-state index is 0.271. The molecular weight excluding hydrogens is 320 g/mol. The van der Waals surface area contributed by atoms with Crippen molar-refractivity contribution in [2.75, 3.05) is 0 Å². The molecule has 0 saturated heterocycles. The molecule has 0 bridgehead atoms. The van der Waals surface area contributed by atoms with Gasteiger partial charge in [0, 0.05) is 16.5 Å². The van der Waals surface area contributed by atoms with Gasteiger partial charge in [0.05, 0.1) is 5.52 Å². The van der Waals surface area contributed by atoms with Gasteiger partial charge in [-0.2, -0.15) is 0 Å². The molecule has 25 heavy (non-hydrogen) atoms. The molecule has 0 aliphatic heterocycles. The van der Waals surface area contributed by atoms with Gasteiger partial charge in [-0.05, 0) is 44.5 Å². The van der Waals surface area contributed by atoms with Gasteiger partial charge in [0.25, 0.3) is 0 Å². The largest absolute Gasteiger partial charge is 0.449 e. The van der Waals surface area contributed by atoms with Crippen LogP contribution in [0.3, 0.4) is 0 Å². The SMILES string of the molecule is CC(C)(C)OC(=O)n1c([B]O)cc2c(-c3ccccc3F)cccc21. The molecule has 2 aromatic carbocycles. The third-order valence-electron chi connectivity index (χ3n) is 3.75. The summed E-state index contributed by atoms with van der Waals surface area (Å²) in [6.45, 7) is 5.30. The molecule has 0 fully saturated rings. The number of nitrogens with zero attached hydrogens (tertiary/aromatic N) is 1. The van der Waals surface area contributed by atoms with Gasteiger partial charge in [-0.3, -0.25) is 4.57 Å². The van der Waals surface area contributed by atoms with Crippen LogP contribution in [0.25, 0.3) is 22.0 Å². The van der Waals surface area contributed by atoms with Crippen LogP contribution in [-0.4, -0.2) is 28.8 Å². The van der Waals surface area contributed by atoms with Gasteiger partial charge in [-0.15, -0.1) is 0 Å². The van der Waals surface area contributed by atoms with E-state index in [4.69, 9.17) is 4.74 Å². The summed E-state index contributed by atoms with van der Waals surface area (Å²) < 4.78 is 20.9. The average Bonchev–Trinajstić information content (AvgIpc) is 2.92. The molecule has 0 amide bonds. The number of ether oxygens (including phenoxy) is 1. The highest BCUT2D eigenvalue weighted by Crippen LogP contribution is 2.30. The molecule has 0 saturated carbocycles. The van der Waals surface area contributed by atoms with Gasteiger partial charge in [0.1, 0.15) is 11.4 Å². The van der Waals surface area contributed by atoms with Crippen molar-refractivity contribution >= 4 is 30.1 Å². The highest BCUT2D eigenvalue weighted by atomic mass is 19.1. The summed E-state index contributed by atoms with van der Waals surface area (Å²) in [7, 11) is 0.842. The number of aromatic nitrogens is 1. The van der Waals surface area contributed by atoms with Gasteiger partial charge < -0.3 is 9.76 Å². The summed E-state index contributed by atoms with van der Waals surface area (Å²) in [5.74, 6) is -0.352. The normalized spacial score (nSPS) is 11.6. The van der Waals surface area contributed by atoms with Crippen molar-refractivity contribution in [3.8, 4) is 11.1 Å². The summed E-state index contributed by atoms with van der Waals surface area (Å²) in [5, 5.41) is 10.2. The lowest BCUT2D eigenvalue weighted by molar-refractivity contribution is 0.0549. The number of benzene rings is 2. The number of carbonyl (C=O) groups is 1. The number of hydrogen-bond acceptors (Lipinski definition) is 3. The highest BCUT2D eigenvalue weighted by Gasteiger charge is 2.23. The van der Waals surface area contributed by atoms with Crippen LogP contribution in [0.1, 0.15) is 20.8 Å². The second-order valence-electron chi connectivity index (χ2n) is 6.73. The lowest BCUT2D eigenvalue weighted by Gasteiger charge is -2.20. The molecule has 1 N–H and O–H groups in total. The molecule has 0 atom stereocenters.